The molecule has 1 atom stereocenters. The third-order valence-corrected chi connectivity index (χ3v) is 4.87. The van der Waals surface area contributed by atoms with Crippen LogP contribution >= 0.6 is 11.8 Å². The van der Waals surface area contributed by atoms with Crippen molar-refractivity contribution in [2.45, 2.75) is 38.1 Å². The molecule has 1 fully saturated rings. The molecule has 100 valence electrons. The Bertz CT molecular complexity index is 323. The molecule has 0 aliphatic carbocycles. The lowest BCUT2D eigenvalue weighted by Gasteiger charge is -2.26. The summed E-state index contributed by atoms with van der Waals surface area (Å²) in [6.45, 7) is 0. The first kappa shape index (κ1) is 13.9. The minimum Gasteiger partial charge on any atom is -0.271 e. The summed E-state index contributed by atoms with van der Waals surface area (Å²) in [6, 6.07) is 11.2. The lowest BCUT2D eigenvalue weighted by Crippen LogP contribution is -2.37. The standard InChI is InChI=1S/C15H24N2S/c16-17-15(12-14-8-10-18-11-9-14)7-6-13-4-2-1-3-5-13/h1-5,14-15,17H,6-12,16H2. The predicted molar refractivity (Wildman–Crippen MR) is 80.5 cm³/mol. The maximum atomic E-state index is 5.70. The molecular weight excluding hydrogens is 240 g/mol. The van der Waals surface area contributed by atoms with Gasteiger partial charge in [-0.05, 0) is 55.1 Å². The molecular formula is C15H24N2S. The Morgan fingerprint density at radius 1 is 1.22 bits per heavy atom. The minimum absolute atomic E-state index is 0.471. The molecule has 0 radical (unpaired) electrons. The van der Waals surface area contributed by atoms with Crippen LogP contribution in [-0.4, -0.2) is 17.5 Å². The van der Waals surface area contributed by atoms with Gasteiger partial charge >= 0.3 is 0 Å². The Morgan fingerprint density at radius 3 is 2.61 bits per heavy atom. The van der Waals surface area contributed by atoms with E-state index in [1.54, 1.807) is 0 Å². The van der Waals surface area contributed by atoms with Gasteiger partial charge in [0.15, 0.2) is 0 Å². The quantitative estimate of drug-likeness (QED) is 0.613. The number of thioether (sulfide) groups is 1. The van der Waals surface area contributed by atoms with Gasteiger partial charge in [0.25, 0.3) is 0 Å². The fraction of sp³-hybridized carbons (Fsp3) is 0.600. The second-order valence-electron chi connectivity index (χ2n) is 5.18. The van der Waals surface area contributed by atoms with Crippen LogP contribution in [0.15, 0.2) is 30.3 Å². The van der Waals surface area contributed by atoms with E-state index in [0.717, 1.165) is 18.8 Å². The molecule has 0 amide bonds. The largest absolute Gasteiger partial charge is 0.271 e. The molecule has 1 unspecified atom stereocenters. The number of nitrogens with one attached hydrogen (secondary N) is 1. The average Bonchev–Trinajstić information content (AvgIpc) is 2.45. The summed E-state index contributed by atoms with van der Waals surface area (Å²) in [6.07, 6.45) is 6.24. The van der Waals surface area contributed by atoms with Gasteiger partial charge in [-0.1, -0.05) is 30.3 Å². The van der Waals surface area contributed by atoms with E-state index >= 15 is 0 Å². The Labute approximate surface area is 115 Å². The van der Waals surface area contributed by atoms with Gasteiger partial charge in [-0.2, -0.15) is 11.8 Å². The van der Waals surface area contributed by atoms with Gasteiger partial charge in [0.1, 0.15) is 0 Å². The van der Waals surface area contributed by atoms with E-state index in [4.69, 9.17) is 5.84 Å². The number of hydrazine groups is 1. The lowest BCUT2D eigenvalue weighted by atomic mass is 9.91. The average molecular weight is 264 g/mol. The molecule has 1 saturated heterocycles. The minimum atomic E-state index is 0.471. The number of hydrogen-bond acceptors (Lipinski definition) is 3. The first-order valence-electron chi connectivity index (χ1n) is 6.96. The van der Waals surface area contributed by atoms with E-state index in [1.165, 1.54) is 36.3 Å². The summed E-state index contributed by atoms with van der Waals surface area (Å²) in [4.78, 5) is 0. The van der Waals surface area contributed by atoms with E-state index in [0.29, 0.717) is 6.04 Å². The van der Waals surface area contributed by atoms with Crippen molar-refractivity contribution in [1.82, 2.24) is 5.43 Å². The summed E-state index contributed by atoms with van der Waals surface area (Å²) in [5.74, 6) is 9.24. The van der Waals surface area contributed by atoms with Gasteiger partial charge in [0, 0.05) is 6.04 Å². The van der Waals surface area contributed by atoms with Crippen LogP contribution in [0.4, 0.5) is 0 Å². The summed E-state index contributed by atoms with van der Waals surface area (Å²) in [7, 11) is 0. The van der Waals surface area contributed by atoms with E-state index in [9.17, 15) is 0 Å². The Hall–Kier alpha value is -0.510. The fourth-order valence-corrected chi connectivity index (χ4v) is 3.84. The molecule has 0 aromatic heterocycles. The van der Waals surface area contributed by atoms with Crippen molar-refractivity contribution >= 4 is 11.8 Å². The topological polar surface area (TPSA) is 38.0 Å². The molecule has 1 aliphatic heterocycles. The molecule has 3 N–H and O–H groups in total. The summed E-state index contributed by atoms with van der Waals surface area (Å²) < 4.78 is 0. The number of rotatable bonds is 6. The zero-order valence-corrected chi connectivity index (χ0v) is 11.8. The Morgan fingerprint density at radius 2 is 1.94 bits per heavy atom. The van der Waals surface area contributed by atoms with Crippen molar-refractivity contribution in [3.05, 3.63) is 35.9 Å². The number of aryl methyl sites for hydroxylation is 1. The highest BCUT2D eigenvalue weighted by molar-refractivity contribution is 7.99. The molecule has 0 saturated carbocycles. The van der Waals surface area contributed by atoms with Crippen molar-refractivity contribution < 1.29 is 0 Å². The van der Waals surface area contributed by atoms with Gasteiger partial charge in [-0.3, -0.25) is 11.3 Å². The molecule has 0 bridgehead atoms. The van der Waals surface area contributed by atoms with E-state index in [-0.39, 0.29) is 0 Å². The molecule has 2 nitrogen and oxygen atoms in total. The Balaban J connectivity index is 1.74. The van der Waals surface area contributed by atoms with E-state index in [2.05, 4.69) is 47.5 Å². The van der Waals surface area contributed by atoms with Crippen LogP contribution in [0.5, 0.6) is 0 Å². The van der Waals surface area contributed by atoms with Crippen molar-refractivity contribution in [3.63, 3.8) is 0 Å². The number of nitrogens with two attached hydrogens (primary N) is 1. The first-order chi connectivity index (χ1) is 8.88. The van der Waals surface area contributed by atoms with Crippen molar-refractivity contribution in [1.29, 1.82) is 0 Å². The SMILES string of the molecule is NNC(CCc1ccccc1)CC1CCSCC1. The highest BCUT2D eigenvalue weighted by atomic mass is 32.2. The van der Waals surface area contributed by atoms with Gasteiger partial charge in [-0.25, -0.2) is 0 Å². The van der Waals surface area contributed by atoms with Crippen LogP contribution in [0.2, 0.25) is 0 Å². The second kappa shape index (κ2) is 7.82. The van der Waals surface area contributed by atoms with Crippen LogP contribution in [0.25, 0.3) is 0 Å². The molecule has 0 spiro atoms. The molecule has 1 aromatic carbocycles. The number of benzene rings is 1. The fourth-order valence-electron chi connectivity index (χ4n) is 2.64. The van der Waals surface area contributed by atoms with Gasteiger partial charge < -0.3 is 0 Å². The highest BCUT2D eigenvalue weighted by Crippen LogP contribution is 2.27. The molecule has 1 aliphatic rings. The summed E-state index contributed by atoms with van der Waals surface area (Å²) >= 11 is 2.09. The second-order valence-corrected chi connectivity index (χ2v) is 6.40. The van der Waals surface area contributed by atoms with Crippen molar-refractivity contribution in [2.75, 3.05) is 11.5 Å². The van der Waals surface area contributed by atoms with Crippen molar-refractivity contribution in [3.8, 4) is 0 Å². The number of hydrogen-bond donors (Lipinski definition) is 2. The van der Waals surface area contributed by atoms with Crippen LogP contribution < -0.4 is 11.3 Å². The van der Waals surface area contributed by atoms with Crippen molar-refractivity contribution in [2.24, 2.45) is 11.8 Å². The monoisotopic (exact) mass is 264 g/mol. The smallest absolute Gasteiger partial charge is 0.0216 e. The molecule has 2 rings (SSSR count). The summed E-state index contributed by atoms with van der Waals surface area (Å²) in [5, 5.41) is 0. The van der Waals surface area contributed by atoms with Gasteiger partial charge in [-0.15, -0.1) is 0 Å². The molecule has 18 heavy (non-hydrogen) atoms. The zero-order chi connectivity index (χ0) is 12.6. The third-order valence-electron chi connectivity index (χ3n) is 3.82. The van der Waals surface area contributed by atoms with Gasteiger partial charge in [0.05, 0.1) is 0 Å². The van der Waals surface area contributed by atoms with Crippen LogP contribution in [0.1, 0.15) is 31.2 Å². The third kappa shape index (κ3) is 4.63. The molecule has 1 aromatic rings. The lowest BCUT2D eigenvalue weighted by molar-refractivity contribution is 0.354. The Kier molecular flexibility index (Phi) is 6.05. The first-order valence-corrected chi connectivity index (χ1v) is 8.11. The predicted octanol–water partition coefficient (Wildman–Crippen LogP) is 2.98. The normalized spacial score (nSPS) is 18.7. The highest BCUT2D eigenvalue weighted by Gasteiger charge is 2.18. The molecule has 3 heteroatoms. The van der Waals surface area contributed by atoms with Crippen LogP contribution in [0, 0.1) is 5.92 Å². The molecule has 1 heterocycles. The van der Waals surface area contributed by atoms with Gasteiger partial charge in [0.2, 0.25) is 0 Å². The van der Waals surface area contributed by atoms with Crippen LogP contribution in [-0.2, 0) is 6.42 Å². The summed E-state index contributed by atoms with van der Waals surface area (Å²) in [5.41, 5.74) is 4.43. The van der Waals surface area contributed by atoms with E-state index in [1.807, 2.05) is 0 Å². The van der Waals surface area contributed by atoms with Crippen LogP contribution in [0.3, 0.4) is 0 Å². The van der Waals surface area contributed by atoms with E-state index < -0.39 is 0 Å². The zero-order valence-electron chi connectivity index (χ0n) is 11.0. The maximum Gasteiger partial charge on any atom is 0.0216 e. The maximum absolute atomic E-state index is 5.70.